The Labute approximate surface area is 153 Å². The zero-order chi connectivity index (χ0) is 18.8. The molecule has 0 aliphatic heterocycles. The number of nitrogens with one attached hydrogen (secondary N) is 1. The van der Waals surface area contributed by atoms with Gasteiger partial charge in [-0.15, -0.1) is 0 Å². The van der Waals surface area contributed by atoms with Crippen LogP contribution in [0.3, 0.4) is 0 Å². The standard InChI is InChI=1S/C17H26N6OS/c1-12-8-7-9-14(13(12)2)23-16(25)22(19-20-23)11-21(6)10-15(24)18-17(3,4)5/h7-9H,10-11H2,1-6H3,(H,18,24). The molecule has 0 saturated heterocycles. The molecule has 1 aromatic heterocycles. The van der Waals surface area contributed by atoms with Crippen molar-refractivity contribution in [1.29, 1.82) is 0 Å². The van der Waals surface area contributed by atoms with Gasteiger partial charge in [0.1, 0.15) is 0 Å². The number of carbonyl (C=O) groups excluding carboxylic acids is 1. The lowest BCUT2D eigenvalue weighted by molar-refractivity contribution is -0.123. The first-order valence-corrected chi connectivity index (χ1v) is 8.58. The molecule has 0 fully saturated rings. The number of likely N-dealkylation sites (N-methyl/N-ethyl adjacent to an activating group) is 1. The number of hydrogen-bond donors (Lipinski definition) is 1. The molecule has 1 amide bonds. The van der Waals surface area contributed by atoms with Crippen LogP contribution in [0.1, 0.15) is 31.9 Å². The monoisotopic (exact) mass is 362 g/mol. The largest absolute Gasteiger partial charge is 0.350 e. The molecule has 2 aromatic rings. The van der Waals surface area contributed by atoms with Crippen molar-refractivity contribution in [2.24, 2.45) is 0 Å². The first kappa shape index (κ1) is 19.3. The Morgan fingerprint density at radius 3 is 2.60 bits per heavy atom. The van der Waals surface area contributed by atoms with E-state index >= 15 is 0 Å². The lowest BCUT2D eigenvalue weighted by Crippen LogP contribution is -2.45. The van der Waals surface area contributed by atoms with Crippen LogP contribution in [-0.4, -0.2) is 49.7 Å². The van der Waals surface area contributed by atoms with Crippen molar-refractivity contribution in [3.8, 4) is 5.69 Å². The van der Waals surface area contributed by atoms with Gasteiger partial charge in [0.25, 0.3) is 0 Å². The summed E-state index contributed by atoms with van der Waals surface area (Å²) in [4.78, 5) is 13.9. The van der Waals surface area contributed by atoms with Gasteiger partial charge in [0, 0.05) is 5.54 Å². The predicted octanol–water partition coefficient (Wildman–Crippen LogP) is 2.22. The Balaban J connectivity index is 2.12. The Bertz CT molecular complexity index is 817. The molecule has 0 aliphatic rings. The van der Waals surface area contributed by atoms with Crippen molar-refractivity contribution in [2.75, 3.05) is 13.6 Å². The van der Waals surface area contributed by atoms with Crippen molar-refractivity contribution >= 4 is 18.1 Å². The number of rotatable bonds is 5. The summed E-state index contributed by atoms with van der Waals surface area (Å²) in [6.07, 6.45) is 0. The molecule has 1 heterocycles. The van der Waals surface area contributed by atoms with Gasteiger partial charge in [-0.1, -0.05) is 12.1 Å². The lowest BCUT2D eigenvalue weighted by atomic mass is 10.1. The van der Waals surface area contributed by atoms with E-state index in [0.717, 1.165) is 11.3 Å². The number of tetrazole rings is 1. The van der Waals surface area contributed by atoms with E-state index in [1.807, 2.05) is 51.8 Å². The van der Waals surface area contributed by atoms with Gasteiger partial charge in [-0.25, -0.2) is 4.68 Å². The summed E-state index contributed by atoms with van der Waals surface area (Å²) in [5, 5.41) is 11.3. The van der Waals surface area contributed by atoms with Crippen LogP contribution in [0, 0.1) is 18.6 Å². The highest BCUT2D eigenvalue weighted by Crippen LogP contribution is 2.16. The van der Waals surface area contributed by atoms with E-state index in [1.54, 1.807) is 9.36 Å². The highest BCUT2D eigenvalue weighted by atomic mass is 32.1. The van der Waals surface area contributed by atoms with E-state index < -0.39 is 0 Å². The van der Waals surface area contributed by atoms with Crippen molar-refractivity contribution in [2.45, 2.75) is 46.8 Å². The number of nitrogens with zero attached hydrogens (tertiary/aromatic N) is 5. The average Bonchev–Trinajstić information content (AvgIpc) is 2.81. The maximum atomic E-state index is 12.0. The molecule has 0 saturated carbocycles. The third-order valence-electron chi connectivity index (χ3n) is 3.75. The Morgan fingerprint density at radius 2 is 1.96 bits per heavy atom. The Kier molecular flexibility index (Phi) is 5.74. The van der Waals surface area contributed by atoms with Crippen molar-refractivity contribution < 1.29 is 4.79 Å². The van der Waals surface area contributed by atoms with Gasteiger partial charge in [-0.05, 0) is 81.5 Å². The molecule has 0 radical (unpaired) electrons. The fraction of sp³-hybridized carbons (Fsp3) is 0.529. The normalized spacial score (nSPS) is 11.8. The van der Waals surface area contributed by atoms with Crippen LogP contribution in [0.5, 0.6) is 0 Å². The second-order valence-electron chi connectivity index (χ2n) is 7.35. The second-order valence-corrected chi connectivity index (χ2v) is 7.71. The maximum Gasteiger partial charge on any atom is 0.234 e. The number of aromatic nitrogens is 4. The molecule has 2 rings (SSSR count). The maximum absolute atomic E-state index is 12.0. The molecular weight excluding hydrogens is 336 g/mol. The van der Waals surface area contributed by atoms with Crippen LogP contribution < -0.4 is 5.32 Å². The topological polar surface area (TPSA) is 68.0 Å². The first-order valence-electron chi connectivity index (χ1n) is 8.17. The summed E-state index contributed by atoms with van der Waals surface area (Å²) in [7, 11) is 1.85. The third-order valence-corrected chi connectivity index (χ3v) is 4.13. The smallest absolute Gasteiger partial charge is 0.234 e. The van der Waals surface area contributed by atoms with Gasteiger partial charge in [-0.2, -0.15) is 4.68 Å². The van der Waals surface area contributed by atoms with Crippen LogP contribution in [0.4, 0.5) is 0 Å². The van der Waals surface area contributed by atoms with E-state index in [2.05, 4.69) is 28.7 Å². The molecule has 0 unspecified atom stereocenters. The summed E-state index contributed by atoms with van der Waals surface area (Å²) in [5.41, 5.74) is 2.96. The average molecular weight is 363 g/mol. The van der Waals surface area contributed by atoms with E-state index in [4.69, 9.17) is 12.2 Å². The fourth-order valence-electron chi connectivity index (χ4n) is 2.46. The molecule has 0 bridgehead atoms. The molecule has 1 N–H and O–H groups in total. The van der Waals surface area contributed by atoms with E-state index in [-0.39, 0.29) is 18.0 Å². The Hall–Kier alpha value is -2.06. The SMILES string of the molecule is Cc1cccc(-n2nnn(CN(C)CC(=O)NC(C)(C)C)c2=S)c1C. The number of hydrogen-bond acceptors (Lipinski definition) is 5. The van der Waals surface area contributed by atoms with E-state index in [0.29, 0.717) is 11.4 Å². The molecule has 0 aliphatic carbocycles. The number of benzene rings is 1. The number of aryl methyl sites for hydroxylation is 1. The zero-order valence-electron chi connectivity index (χ0n) is 15.7. The quantitative estimate of drug-likeness (QED) is 0.826. The molecule has 136 valence electrons. The minimum atomic E-state index is -0.250. The third kappa shape index (κ3) is 4.96. The molecule has 0 atom stereocenters. The minimum absolute atomic E-state index is 0.0385. The molecule has 7 nitrogen and oxygen atoms in total. The molecular formula is C17H26N6OS. The van der Waals surface area contributed by atoms with Gasteiger partial charge in [0.05, 0.1) is 18.9 Å². The summed E-state index contributed by atoms with van der Waals surface area (Å²) in [6, 6.07) is 5.99. The predicted molar refractivity (Wildman–Crippen MR) is 100 cm³/mol. The van der Waals surface area contributed by atoms with Crippen LogP contribution >= 0.6 is 12.2 Å². The van der Waals surface area contributed by atoms with Crippen LogP contribution in [0.25, 0.3) is 5.69 Å². The van der Waals surface area contributed by atoms with E-state index in [9.17, 15) is 4.79 Å². The first-order chi connectivity index (χ1) is 11.6. The highest BCUT2D eigenvalue weighted by Gasteiger charge is 2.16. The molecule has 25 heavy (non-hydrogen) atoms. The minimum Gasteiger partial charge on any atom is -0.350 e. The summed E-state index contributed by atoms with van der Waals surface area (Å²) >= 11 is 5.50. The highest BCUT2D eigenvalue weighted by molar-refractivity contribution is 7.71. The summed E-state index contributed by atoms with van der Waals surface area (Å²) < 4.78 is 3.76. The van der Waals surface area contributed by atoms with Gasteiger partial charge < -0.3 is 5.32 Å². The van der Waals surface area contributed by atoms with Gasteiger partial charge in [0.15, 0.2) is 0 Å². The van der Waals surface area contributed by atoms with Crippen LogP contribution in [0.15, 0.2) is 18.2 Å². The van der Waals surface area contributed by atoms with Gasteiger partial charge in [-0.3, -0.25) is 9.69 Å². The second kappa shape index (κ2) is 7.45. The zero-order valence-corrected chi connectivity index (χ0v) is 16.5. The van der Waals surface area contributed by atoms with Gasteiger partial charge in [0.2, 0.25) is 10.7 Å². The molecule has 0 spiro atoms. The van der Waals surface area contributed by atoms with Crippen molar-refractivity contribution in [3.63, 3.8) is 0 Å². The molecule has 1 aromatic carbocycles. The fourth-order valence-corrected chi connectivity index (χ4v) is 2.69. The van der Waals surface area contributed by atoms with Gasteiger partial charge >= 0.3 is 0 Å². The Morgan fingerprint density at radius 1 is 1.28 bits per heavy atom. The van der Waals surface area contributed by atoms with Crippen molar-refractivity contribution in [3.05, 3.63) is 34.1 Å². The molecule has 8 heteroatoms. The lowest BCUT2D eigenvalue weighted by Gasteiger charge is -2.23. The van der Waals surface area contributed by atoms with Crippen LogP contribution in [-0.2, 0) is 11.5 Å². The summed E-state index contributed by atoms with van der Waals surface area (Å²) in [5.74, 6) is -0.0385. The van der Waals surface area contributed by atoms with Crippen LogP contribution in [0.2, 0.25) is 0 Å². The number of carbonyl (C=O) groups is 1. The summed E-state index contributed by atoms with van der Waals surface area (Å²) in [6.45, 7) is 10.6. The van der Waals surface area contributed by atoms with E-state index in [1.165, 1.54) is 5.56 Å². The van der Waals surface area contributed by atoms with Crippen molar-refractivity contribution in [1.82, 2.24) is 30.0 Å². The number of amides is 1.